The SMILES string of the molecule is CC(C)CCCN1CCC2(CC1)C[C@@H]2NC(=O)c1cc(C(F)(F)F)ccc1Cl. The lowest BCUT2D eigenvalue weighted by Crippen LogP contribution is -2.39. The Kier molecular flexibility index (Phi) is 6.30. The third kappa shape index (κ3) is 5.01. The normalized spacial score (nSPS) is 21.9. The molecule has 1 aliphatic carbocycles. The number of nitrogens with zero attached hydrogens (tertiary/aromatic N) is 1. The molecule has 2 aliphatic rings. The van der Waals surface area contributed by atoms with Crippen LogP contribution in [-0.2, 0) is 6.18 Å². The maximum atomic E-state index is 12.9. The molecule has 7 heteroatoms. The van der Waals surface area contributed by atoms with Crippen molar-refractivity contribution >= 4 is 17.5 Å². The van der Waals surface area contributed by atoms with E-state index >= 15 is 0 Å². The highest BCUT2D eigenvalue weighted by Crippen LogP contribution is 2.54. The predicted octanol–water partition coefficient (Wildman–Crippen LogP) is 5.38. The molecular formula is C21H28ClF3N2O. The molecule has 0 unspecified atom stereocenters. The van der Waals surface area contributed by atoms with Crippen LogP contribution in [0.1, 0.15) is 61.9 Å². The molecule has 1 aliphatic heterocycles. The van der Waals surface area contributed by atoms with Crippen molar-refractivity contribution in [3.63, 3.8) is 0 Å². The maximum absolute atomic E-state index is 12.9. The Morgan fingerprint density at radius 1 is 1.32 bits per heavy atom. The quantitative estimate of drug-likeness (QED) is 0.675. The van der Waals surface area contributed by atoms with E-state index in [0.29, 0.717) is 0 Å². The Bertz CT molecular complexity index is 712. The minimum absolute atomic E-state index is 0.0309. The number of carbonyl (C=O) groups is 1. The number of carbonyl (C=O) groups excluding carboxylic acids is 1. The number of benzene rings is 1. The van der Waals surface area contributed by atoms with Crippen molar-refractivity contribution < 1.29 is 18.0 Å². The van der Waals surface area contributed by atoms with Crippen molar-refractivity contribution in [2.45, 2.75) is 58.2 Å². The summed E-state index contributed by atoms with van der Waals surface area (Å²) >= 11 is 5.98. The Hall–Kier alpha value is -1.27. The van der Waals surface area contributed by atoms with Gasteiger partial charge in [-0.3, -0.25) is 4.79 Å². The Morgan fingerprint density at radius 3 is 2.61 bits per heavy atom. The van der Waals surface area contributed by atoms with Gasteiger partial charge >= 0.3 is 6.18 Å². The van der Waals surface area contributed by atoms with Gasteiger partial charge in [-0.05, 0) is 81.3 Å². The average molecular weight is 417 g/mol. The third-order valence-corrected chi connectivity index (χ3v) is 6.47. The Balaban J connectivity index is 1.53. The van der Waals surface area contributed by atoms with Crippen LogP contribution < -0.4 is 5.32 Å². The summed E-state index contributed by atoms with van der Waals surface area (Å²) in [5, 5.41) is 2.96. The molecule has 1 aromatic rings. The maximum Gasteiger partial charge on any atom is 0.416 e. The van der Waals surface area contributed by atoms with Crippen LogP contribution in [0.25, 0.3) is 0 Å². The number of hydrogen-bond donors (Lipinski definition) is 1. The zero-order chi connectivity index (χ0) is 20.5. The summed E-state index contributed by atoms with van der Waals surface area (Å²) in [6.45, 7) is 7.63. The van der Waals surface area contributed by atoms with Crippen LogP contribution in [-0.4, -0.2) is 36.5 Å². The summed E-state index contributed by atoms with van der Waals surface area (Å²) in [7, 11) is 0. The van der Waals surface area contributed by atoms with Crippen LogP contribution in [0.2, 0.25) is 5.02 Å². The van der Waals surface area contributed by atoms with Crippen LogP contribution in [0.4, 0.5) is 13.2 Å². The van der Waals surface area contributed by atoms with Crippen LogP contribution in [0.15, 0.2) is 18.2 Å². The number of rotatable bonds is 6. The van der Waals surface area contributed by atoms with Gasteiger partial charge in [-0.1, -0.05) is 25.4 Å². The molecule has 3 rings (SSSR count). The molecule has 1 aromatic carbocycles. The molecule has 1 saturated carbocycles. The van der Waals surface area contributed by atoms with Crippen molar-refractivity contribution in [2.24, 2.45) is 11.3 Å². The smallest absolute Gasteiger partial charge is 0.349 e. The second kappa shape index (κ2) is 8.23. The molecule has 2 fully saturated rings. The van der Waals surface area contributed by atoms with Gasteiger partial charge in [0, 0.05) is 6.04 Å². The number of likely N-dealkylation sites (tertiary alicyclic amines) is 1. The van der Waals surface area contributed by atoms with E-state index in [4.69, 9.17) is 11.6 Å². The van der Waals surface area contributed by atoms with Crippen LogP contribution in [0.3, 0.4) is 0 Å². The second-order valence-electron chi connectivity index (χ2n) is 8.66. The molecule has 28 heavy (non-hydrogen) atoms. The fraction of sp³-hybridized carbons (Fsp3) is 0.667. The van der Waals surface area contributed by atoms with Crippen molar-refractivity contribution in [2.75, 3.05) is 19.6 Å². The molecule has 1 atom stereocenters. The molecule has 1 heterocycles. The van der Waals surface area contributed by atoms with Gasteiger partial charge in [0.2, 0.25) is 0 Å². The average Bonchev–Trinajstić information content (AvgIpc) is 3.27. The van der Waals surface area contributed by atoms with E-state index in [9.17, 15) is 18.0 Å². The first kappa shape index (κ1) is 21.4. The standard InChI is InChI=1S/C21H28ClF3N2O/c1-14(2)4-3-9-27-10-7-20(8-11-27)13-18(20)26-19(28)16-12-15(21(23,24)25)5-6-17(16)22/h5-6,12,14,18H,3-4,7-11,13H2,1-2H3,(H,26,28)/t18-/m0/s1. The van der Waals surface area contributed by atoms with E-state index in [0.717, 1.165) is 63.0 Å². The summed E-state index contributed by atoms with van der Waals surface area (Å²) in [4.78, 5) is 15.0. The number of hydrogen-bond acceptors (Lipinski definition) is 2. The van der Waals surface area contributed by atoms with Gasteiger partial charge in [-0.2, -0.15) is 13.2 Å². The topological polar surface area (TPSA) is 32.3 Å². The summed E-state index contributed by atoms with van der Waals surface area (Å²) in [5.41, 5.74) is -0.856. The van der Waals surface area contributed by atoms with Crippen molar-refractivity contribution in [3.05, 3.63) is 34.3 Å². The van der Waals surface area contributed by atoms with E-state index < -0.39 is 17.6 Å². The molecule has 1 amide bonds. The Morgan fingerprint density at radius 2 is 2.00 bits per heavy atom. The minimum atomic E-state index is -4.50. The van der Waals surface area contributed by atoms with Gasteiger partial charge in [0.15, 0.2) is 0 Å². The monoisotopic (exact) mass is 416 g/mol. The fourth-order valence-corrected chi connectivity index (χ4v) is 4.36. The van der Waals surface area contributed by atoms with E-state index in [-0.39, 0.29) is 22.0 Å². The Labute approximate surface area is 169 Å². The summed E-state index contributed by atoms with van der Waals surface area (Å²) in [6, 6.07) is 2.90. The van der Waals surface area contributed by atoms with Crippen LogP contribution in [0.5, 0.6) is 0 Å². The van der Waals surface area contributed by atoms with Gasteiger partial charge in [0.1, 0.15) is 0 Å². The molecule has 1 saturated heterocycles. The van der Waals surface area contributed by atoms with Crippen LogP contribution in [0, 0.1) is 11.3 Å². The fourth-order valence-electron chi connectivity index (χ4n) is 4.16. The van der Waals surface area contributed by atoms with Gasteiger partial charge in [0.25, 0.3) is 5.91 Å². The first-order chi connectivity index (χ1) is 13.1. The van der Waals surface area contributed by atoms with Crippen molar-refractivity contribution in [1.29, 1.82) is 0 Å². The largest absolute Gasteiger partial charge is 0.416 e. The summed E-state index contributed by atoms with van der Waals surface area (Å²) < 4.78 is 38.7. The van der Waals surface area contributed by atoms with E-state index in [1.807, 2.05) is 0 Å². The van der Waals surface area contributed by atoms with Crippen LogP contribution >= 0.6 is 11.6 Å². The lowest BCUT2D eigenvalue weighted by atomic mass is 9.92. The van der Waals surface area contributed by atoms with Gasteiger partial charge < -0.3 is 10.2 Å². The van der Waals surface area contributed by atoms with Gasteiger partial charge in [0.05, 0.1) is 16.1 Å². The lowest BCUT2D eigenvalue weighted by Gasteiger charge is -2.33. The number of amides is 1. The molecule has 3 nitrogen and oxygen atoms in total. The molecule has 0 aromatic heterocycles. The zero-order valence-corrected chi connectivity index (χ0v) is 17.2. The number of halogens is 4. The van der Waals surface area contributed by atoms with Gasteiger partial charge in [-0.25, -0.2) is 0 Å². The third-order valence-electron chi connectivity index (χ3n) is 6.14. The number of nitrogens with one attached hydrogen (secondary N) is 1. The molecule has 156 valence electrons. The zero-order valence-electron chi connectivity index (χ0n) is 16.4. The molecule has 0 radical (unpaired) electrons. The minimum Gasteiger partial charge on any atom is -0.349 e. The summed E-state index contributed by atoms with van der Waals surface area (Å²) in [6.07, 6.45) is 0.890. The first-order valence-corrected chi connectivity index (χ1v) is 10.4. The second-order valence-corrected chi connectivity index (χ2v) is 9.07. The highest BCUT2D eigenvalue weighted by atomic mass is 35.5. The van der Waals surface area contributed by atoms with Crippen molar-refractivity contribution in [1.82, 2.24) is 10.2 Å². The molecule has 0 bridgehead atoms. The number of alkyl halides is 3. The summed E-state index contributed by atoms with van der Waals surface area (Å²) in [5.74, 6) is 0.208. The van der Waals surface area contributed by atoms with Crippen molar-refractivity contribution in [3.8, 4) is 0 Å². The molecule has 1 spiro atoms. The highest BCUT2D eigenvalue weighted by molar-refractivity contribution is 6.33. The highest BCUT2D eigenvalue weighted by Gasteiger charge is 2.55. The first-order valence-electron chi connectivity index (χ1n) is 10.0. The molecular weight excluding hydrogens is 389 g/mol. The van der Waals surface area contributed by atoms with Gasteiger partial charge in [-0.15, -0.1) is 0 Å². The molecule has 1 N–H and O–H groups in total. The van der Waals surface area contributed by atoms with E-state index in [1.54, 1.807) is 0 Å². The lowest BCUT2D eigenvalue weighted by molar-refractivity contribution is -0.137. The van der Waals surface area contributed by atoms with E-state index in [1.165, 1.54) is 12.8 Å². The number of piperidine rings is 1. The van der Waals surface area contributed by atoms with E-state index in [2.05, 4.69) is 24.1 Å². The predicted molar refractivity (Wildman–Crippen MR) is 105 cm³/mol.